The Kier molecular flexibility index (Phi) is 7.77. The van der Waals surface area contributed by atoms with Crippen molar-refractivity contribution in [1.29, 1.82) is 0 Å². The zero-order valence-electron chi connectivity index (χ0n) is 15.1. The first-order valence-corrected chi connectivity index (χ1v) is 8.98. The Morgan fingerprint density at radius 1 is 1.35 bits per heavy atom. The second-order valence-corrected chi connectivity index (χ2v) is 6.38. The number of likely N-dealkylation sites (tertiary alicyclic amines) is 1. The molecule has 0 radical (unpaired) electrons. The maximum atomic E-state index is 13.7. The number of primary amides is 1. The van der Waals surface area contributed by atoms with E-state index in [1.165, 1.54) is 6.07 Å². The number of benzene rings is 1. The third-order valence-corrected chi connectivity index (χ3v) is 4.33. The lowest BCUT2D eigenvalue weighted by Crippen LogP contribution is -2.49. The molecule has 0 spiro atoms. The van der Waals surface area contributed by atoms with E-state index in [2.05, 4.69) is 15.6 Å². The first-order valence-electron chi connectivity index (χ1n) is 8.98. The Labute approximate surface area is 152 Å². The summed E-state index contributed by atoms with van der Waals surface area (Å²) in [5.41, 5.74) is 5.55. The van der Waals surface area contributed by atoms with Crippen LogP contribution in [0.25, 0.3) is 0 Å². The van der Waals surface area contributed by atoms with Crippen molar-refractivity contribution in [3.05, 3.63) is 35.4 Å². The topological polar surface area (TPSA) is 82.8 Å². The maximum absolute atomic E-state index is 13.7. The molecule has 1 aromatic rings. The summed E-state index contributed by atoms with van der Waals surface area (Å²) in [5.74, 6) is -1.28. The average Bonchev–Trinajstić information content (AvgIpc) is 2.60. The molecular formula is C18H27F2N5O. The predicted octanol–water partition coefficient (Wildman–Crippen LogP) is 1.01. The van der Waals surface area contributed by atoms with Gasteiger partial charge in [0.25, 0.3) is 0 Å². The number of carbonyl (C=O) groups is 1. The highest BCUT2D eigenvalue weighted by Crippen LogP contribution is 2.12. The first kappa shape index (κ1) is 20.1. The number of nitrogens with two attached hydrogens (primary N) is 1. The molecule has 1 heterocycles. The van der Waals surface area contributed by atoms with Crippen LogP contribution in [-0.2, 0) is 11.2 Å². The second kappa shape index (κ2) is 10.1. The van der Waals surface area contributed by atoms with Gasteiger partial charge in [0.05, 0.1) is 6.54 Å². The molecule has 0 atom stereocenters. The van der Waals surface area contributed by atoms with Gasteiger partial charge in [-0.2, -0.15) is 0 Å². The Morgan fingerprint density at radius 3 is 2.73 bits per heavy atom. The molecule has 6 nitrogen and oxygen atoms in total. The summed E-state index contributed by atoms with van der Waals surface area (Å²) in [6.07, 6.45) is 2.10. The van der Waals surface area contributed by atoms with Crippen LogP contribution >= 0.6 is 0 Å². The number of guanidine groups is 1. The van der Waals surface area contributed by atoms with Crippen molar-refractivity contribution in [3.63, 3.8) is 0 Å². The Hall–Kier alpha value is -2.22. The van der Waals surface area contributed by atoms with Crippen LogP contribution in [0.2, 0.25) is 0 Å². The fraction of sp³-hybridized carbons (Fsp3) is 0.556. The quantitative estimate of drug-likeness (QED) is 0.496. The molecule has 1 aliphatic heterocycles. The summed E-state index contributed by atoms with van der Waals surface area (Å²) in [5, 5.41) is 6.54. The van der Waals surface area contributed by atoms with Gasteiger partial charge in [-0.1, -0.05) is 12.1 Å². The lowest BCUT2D eigenvalue weighted by molar-refractivity contribution is -0.119. The van der Waals surface area contributed by atoms with E-state index in [0.29, 0.717) is 37.6 Å². The van der Waals surface area contributed by atoms with Gasteiger partial charge in [0, 0.05) is 32.2 Å². The third-order valence-electron chi connectivity index (χ3n) is 4.33. The summed E-state index contributed by atoms with van der Waals surface area (Å²) in [7, 11) is 0. The summed E-state index contributed by atoms with van der Waals surface area (Å²) in [6, 6.07) is 4.44. The number of piperidine rings is 1. The highest BCUT2D eigenvalue weighted by molar-refractivity contribution is 5.80. The molecule has 0 aromatic heterocycles. The predicted molar refractivity (Wildman–Crippen MR) is 97.8 cm³/mol. The van der Waals surface area contributed by atoms with Gasteiger partial charge in [-0.05, 0) is 37.8 Å². The Bertz CT molecular complexity index is 630. The van der Waals surface area contributed by atoms with E-state index < -0.39 is 11.6 Å². The number of hydrogen-bond acceptors (Lipinski definition) is 3. The number of nitrogens with zero attached hydrogens (tertiary/aromatic N) is 2. The standard InChI is InChI=1S/C18H27F2N5O/c1-2-22-18(23-9-6-13-4-3-5-15(19)17(13)20)24-14-7-10-25(11-8-14)12-16(21)26/h3-5,14H,2,6-12H2,1H3,(H2,21,26)(H2,22,23,24). The van der Waals surface area contributed by atoms with E-state index in [1.807, 2.05) is 11.8 Å². The average molecular weight is 367 g/mol. The van der Waals surface area contributed by atoms with Gasteiger partial charge in [-0.15, -0.1) is 0 Å². The summed E-state index contributed by atoms with van der Waals surface area (Å²) < 4.78 is 26.9. The first-order chi connectivity index (χ1) is 12.5. The third kappa shape index (κ3) is 6.25. The fourth-order valence-electron chi connectivity index (χ4n) is 3.00. The molecule has 0 bridgehead atoms. The highest BCUT2D eigenvalue weighted by Gasteiger charge is 2.20. The van der Waals surface area contributed by atoms with Crippen molar-refractivity contribution in [2.45, 2.75) is 32.2 Å². The van der Waals surface area contributed by atoms with Gasteiger partial charge in [0.2, 0.25) is 5.91 Å². The molecule has 4 N–H and O–H groups in total. The van der Waals surface area contributed by atoms with Crippen LogP contribution in [0.5, 0.6) is 0 Å². The molecule has 0 unspecified atom stereocenters. The van der Waals surface area contributed by atoms with Crippen molar-refractivity contribution in [2.24, 2.45) is 10.7 Å². The van der Waals surface area contributed by atoms with Crippen molar-refractivity contribution < 1.29 is 13.6 Å². The SMILES string of the molecule is CCNC(=NCCc1cccc(F)c1F)NC1CCN(CC(N)=O)CC1. The normalized spacial score (nSPS) is 16.5. The molecule has 1 fully saturated rings. The lowest BCUT2D eigenvalue weighted by Gasteiger charge is -2.32. The molecule has 1 saturated heterocycles. The molecule has 0 saturated carbocycles. The van der Waals surface area contributed by atoms with Crippen LogP contribution in [-0.4, -0.2) is 55.5 Å². The molecule has 1 amide bonds. The van der Waals surface area contributed by atoms with Gasteiger partial charge < -0.3 is 16.4 Å². The molecule has 1 aromatic carbocycles. The van der Waals surface area contributed by atoms with E-state index >= 15 is 0 Å². The van der Waals surface area contributed by atoms with Crippen molar-refractivity contribution >= 4 is 11.9 Å². The minimum absolute atomic E-state index is 0.253. The van der Waals surface area contributed by atoms with Crippen molar-refractivity contribution in [3.8, 4) is 0 Å². The van der Waals surface area contributed by atoms with Gasteiger partial charge >= 0.3 is 0 Å². The van der Waals surface area contributed by atoms with Crippen molar-refractivity contribution in [2.75, 3.05) is 32.7 Å². The molecular weight excluding hydrogens is 340 g/mol. The smallest absolute Gasteiger partial charge is 0.231 e. The van der Waals surface area contributed by atoms with Gasteiger partial charge in [-0.25, -0.2) is 8.78 Å². The number of amides is 1. The van der Waals surface area contributed by atoms with Crippen LogP contribution in [0.15, 0.2) is 23.2 Å². The molecule has 26 heavy (non-hydrogen) atoms. The number of nitrogens with one attached hydrogen (secondary N) is 2. The molecule has 144 valence electrons. The van der Waals surface area contributed by atoms with E-state index in [4.69, 9.17) is 5.73 Å². The van der Waals surface area contributed by atoms with Gasteiger partial charge in [0.15, 0.2) is 17.6 Å². The lowest BCUT2D eigenvalue weighted by atomic mass is 10.1. The monoisotopic (exact) mass is 367 g/mol. The van der Waals surface area contributed by atoms with Crippen LogP contribution in [0.3, 0.4) is 0 Å². The fourth-order valence-corrected chi connectivity index (χ4v) is 3.00. The Morgan fingerprint density at radius 2 is 2.08 bits per heavy atom. The van der Waals surface area contributed by atoms with Crippen LogP contribution in [0.1, 0.15) is 25.3 Å². The zero-order chi connectivity index (χ0) is 18.9. The molecule has 0 aliphatic carbocycles. The number of carbonyl (C=O) groups excluding carboxylic acids is 1. The minimum Gasteiger partial charge on any atom is -0.369 e. The number of hydrogen-bond donors (Lipinski definition) is 3. The van der Waals surface area contributed by atoms with E-state index in [1.54, 1.807) is 6.07 Å². The highest BCUT2D eigenvalue weighted by atomic mass is 19.2. The zero-order valence-corrected chi connectivity index (χ0v) is 15.1. The van der Waals surface area contributed by atoms with Gasteiger partial charge in [0.1, 0.15) is 0 Å². The summed E-state index contributed by atoms with van der Waals surface area (Å²) >= 11 is 0. The van der Waals surface area contributed by atoms with Crippen LogP contribution < -0.4 is 16.4 Å². The molecule has 8 heteroatoms. The number of halogens is 2. The van der Waals surface area contributed by atoms with Crippen LogP contribution in [0.4, 0.5) is 8.78 Å². The summed E-state index contributed by atoms with van der Waals surface area (Å²) in [6.45, 7) is 4.93. The maximum Gasteiger partial charge on any atom is 0.231 e. The number of rotatable bonds is 7. The van der Waals surface area contributed by atoms with Crippen LogP contribution in [0, 0.1) is 11.6 Å². The van der Waals surface area contributed by atoms with E-state index in [0.717, 1.165) is 32.0 Å². The summed E-state index contributed by atoms with van der Waals surface area (Å²) in [4.78, 5) is 17.5. The Balaban J connectivity index is 1.85. The number of aliphatic imine (C=N–C) groups is 1. The van der Waals surface area contributed by atoms with Gasteiger partial charge in [-0.3, -0.25) is 14.7 Å². The molecule has 1 aliphatic rings. The van der Waals surface area contributed by atoms with E-state index in [-0.39, 0.29) is 11.9 Å². The molecule has 2 rings (SSSR count). The van der Waals surface area contributed by atoms with E-state index in [9.17, 15) is 13.6 Å². The largest absolute Gasteiger partial charge is 0.369 e. The van der Waals surface area contributed by atoms with Crippen molar-refractivity contribution in [1.82, 2.24) is 15.5 Å². The minimum atomic E-state index is -0.834. The second-order valence-electron chi connectivity index (χ2n) is 6.38.